The van der Waals surface area contributed by atoms with Crippen LogP contribution in [0.3, 0.4) is 0 Å². The molecule has 0 saturated heterocycles. The minimum atomic E-state index is -1.06. The highest BCUT2D eigenvalue weighted by molar-refractivity contribution is 7.98. The lowest BCUT2D eigenvalue weighted by atomic mass is 9.87. The topological polar surface area (TPSA) is 72.2 Å². The van der Waals surface area contributed by atoms with E-state index in [0.717, 1.165) is 5.56 Å². The van der Waals surface area contributed by atoms with Crippen LogP contribution in [0.25, 0.3) is 10.9 Å². The molecule has 27 heavy (non-hydrogen) atoms. The molecule has 1 N–H and O–H groups in total. The summed E-state index contributed by atoms with van der Waals surface area (Å²) in [7, 11) is 0. The second-order valence-corrected chi connectivity index (χ2v) is 8.37. The number of aromatic nitrogens is 2. The molecule has 0 aliphatic heterocycles. The molecule has 0 saturated carbocycles. The molecule has 0 atom stereocenters. The standard InChI is InChI=1S/C21H22N2O3S/c1-21(2,3)15-10-8-14(9-11-15)13-27-20-22-17-7-5-4-6-16(17)19(26)23(20)12-18(24)25/h4-11H,12-13H2,1-3H3,(H,24,25). The molecular weight excluding hydrogens is 360 g/mol. The number of aliphatic carboxylic acids is 1. The minimum Gasteiger partial charge on any atom is -0.480 e. The fourth-order valence-electron chi connectivity index (χ4n) is 2.78. The maximum Gasteiger partial charge on any atom is 0.323 e. The molecule has 1 aromatic heterocycles. The number of carbonyl (C=O) groups is 1. The van der Waals surface area contributed by atoms with Crippen molar-refractivity contribution >= 4 is 28.6 Å². The second kappa shape index (κ2) is 7.56. The van der Waals surface area contributed by atoms with E-state index in [1.807, 2.05) is 6.07 Å². The first-order valence-corrected chi connectivity index (χ1v) is 9.68. The Morgan fingerprint density at radius 3 is 2.41 bits per heavy atom. The maximum atomic E-state index is 12.7. The van der Waals surface area contributed by atoms with Crippen LogP contribution in [0.15, 0.2) is 58.5 Å². The number of rotatable bonds is 5. The third kappa shape index (κ3) is 4.39. The van der Waals surface area contributed by atoms with Gasteiger partial charge in [-0.3, -0.25) is 14.2 Å². The predicted molar refractivity (Wildman–Crippen MR) is 108 cm³/mol. The summed E-state index contributed by atoms with van der Waals surface area (Å²) in [5, 5.41) is 10.0. The van der Waals surface area contributed by atoms with Crippen molar-refractivity contribution in [2.45, 2.75) is 43.6 Å². The van der Waals surface area contributed by atoms with Crippen LogP contribution in [-0.4, -0.2) is 20.6 Å². The monoisotopic (exact) mass is 382 g/mol. The van der Waals surface area contributed by atoms with E-state index < -0.39 is 12.5 Å². The van der Waals surface area contributed by atoms with Gasteiger partial charge in [0.15, 0.2) is 5.16 Å². The number of thioether (sulfide) groups is 1. The van der Waals surface area contributed by atoms with Crippen LogP contribution < -0.4 is 5.56 Å². The number of hydrogen-bond acceptors (Lipinski definition) is 4. The minimum absolute atomic E-state index is 0.0908. The first-order chi connectivity index (χ1) is 12.8. The fourth-order valence-corrected chi connectivity index (χ4v) is 3.74. The van der Waals surface area contributed by atoms with E-state index in [1.54, 1.807) is 18.2 Å². The van der Waals surface area contributed by atoms with Crippen molar-refractivity contribution < 1.29 is 9.90 Å². The Morgan fingerprint density at radius 2 is 1.78 bits per heavy atom. The maximum absolute atomic E-state index is 12.7. The van der Waals surface area contributed by atoms with Crippen LogP contribution in [0.5, 0.6) is 0 Å². The third-order valence-corrected chi connectivity index (χ3v) is 5.36. The van der Waals surface area contributed by atoms with Gasteiger partial charge >= 0.3 is 5.97 Å². The van der Waals surface area contributed by atoms with Crippen molar-refractivity contribution in [3.8, 4) is 0 Å². The second-order valence-electron chi connectivity index (χ2n) is 7.43. The molecule has 3 rings (SSSR count). The highest BCUT2D eigenvalue weighted by Gasteiger charge is 2.15. The van der Waals surface area contributed by atoms with E-state index in [1.165, 1.54) is 21.9 Å². The summed E-state index contributed by atoms with van der Waals surface area (Å²) in [6, 6.07) is 15.3. The highest BCUT2D eigenvalue weighted by Crippen LogP contribution is 2.25. The van der Waals surface area contributed by atoms with Gasteiger partial charge in [-0.05, 0) is 28.7 Å². The number of carboxylic acids is 1. The molecule has 5 nitrogen and oxygen atoms in total. The number of nitrogens with zero attached hydrogens (tertiary/aromatic N) is 2. The smallest absolute Gasteiger partial charge is 0.323 e. The van der Waals surface area contributed by atoms with Crippen molar-refractivity contribution in [1.82, 2.24) is 9.55 Å². The summed E-state index contributed by atoms with van der Waals surface area (Å²) in [6.07, 6.45) is 0. The van der Waals surface area contributed by atoms with Crippen LogP contribution in [0.1, 0.15) is 31.9 Å². The van der Waals surface area contributed by atoms with Crippen molar-refractivity contribution in [2.24, 2.45) is 0 Å². The molecule has 0 amide bonds. The Labute approximate surface area is 162 Å². The average molecular weight is 382 g/mol. The molecule has 0 unspecified atom stereocenters. The number of carboxylic acid groups (broad SMARTS) is 1. The first-order valence-electron chi connectivity index (χ1n) is 8.69. The molecule has 3 aromatic rings. The van der Waals surface area contributed by atoms with Crippen molar-refractivity contribution in [2.75, 3.05) is 0 Å². The van der Waals surface area contributed by atoms with Crippen LogP contribution in [0.4, 0.5) is 0 Å². The van der Waals surface area contributed by atoms with E-state index in [2.05, 4.69) is 50.0 Å². The van der Waals surface area contributed by atoms with Crippen LogP contribution >= 0.6 is 11.8 Å². The number of hydrogen-bond donors (Lipinski definition) is 1. The summed E-state index contributed by atoms with van der Waals surface area (Å²) in [6.45, 7) is 6.10. The SMILES string of the molecule is CC(C)(C)c1ccc(CSc2nc3ccccc3c(=O)n2CC(=O)O)cc1. The van der Waals surface area contributed by atoms with Gasteiger partial charge in [0.05, 0.1) is 10.9 Å². The highest BCUT2D eigenvalue weighted by atomic mass is 32.2. The largest absolute Gasteiger partial charge is 0.480 e. The molecular formula is C21H22N2O3S. The lowest BCUT2D eigenvalue weighted by Gasteiger charge is -2.19. The summed E-state index contributed by atoms with van der Waals surface area (Å²) in [5.41, 5.74) is 2.69. The Balaban J connectivity index is 1.91. The van der Waals surface area contributed by atoms with E-state index in [4.69, 9.17) is 0 Å². The van der Waals surface area contributed by atoms with Gasteiger partial charge in [-0.25, -0.2) is 4.98 Å². The lowest BCUT2D eigenvalue weighted by Crippen LogP contribution is -2.26. The zero-order chi connectivity index (χ0) is 19.6. The van der Waals surface area contributed by atoms with E-state index >= 15 is 0 Å². The Kier molecular flexibility index (Phi) is 5.37. The number of benzene rings is 2. The van der Waals surface area contributed by atoms with Gasteiger partial charge in [-0.15, -0.1) is 0 Å². The predicted octanol–water partition coefficient (Wildman–Crippen LogP) is 4.07. The van der Waals surface area contributed by atoms with Gasteiger partial charge in [0, 0.05) is 5.75 Å². The Hall–Kier alpha value is -2.60. The van der Waals surface area contributed by atoms with Crippen LogP contribution in [0, 0.1) is 0 Å². The average Bonchev–Trinajstić information content (AvgIpc) is 2.62. The molecule has 0 fully saturated rings. The van der Waals surface area contributed by atoms with Crippen molar-refractivity contribution in [1.29, 1.82) is 0 Å². The first kappa shape index (κ1) is 19.2. The Morgan fingerprint density at radius 1 is 1.11 bits per heavy atom. The number of fused-ring (bicyclic) bond motifs is 1. The van der Waals surface area contributed by atoms with Gasteiger partial charge in [0.25, 0.3) is 5.56 Å². The zero-order valence-corrected chi connectivity index (χ0v) is 16.4. The molecule has 6 heteroatoms. The third-order valence-electron chi connectivity index (χ3n) is 4.31. The molecule has 0 aliphatic rings. The molecule has 0 radical (unpaired) electrons. The quantitative estimate of drug-likeness (QED) is 0.532. The summed E-state index contributed by atoms with van der Waals surface area (Å²) < 4.78 is 1.23. The molecule has 0 aliphatic carbocycles. The summed E-state index contributed by atoms with van der Waals surface area (Å²) in [5.74, 6) is -0.458. The van der Waals surface area contributed by atoms with Crippen LogP contribution in [-0.2, 0) is 22.5 Å². The molecule has 0 bridgehead atoms. The molecule has 1 heterocycles. The summed E-state index contributed by atoms with van der Waals surface area (Å²) >= 11 is 1.37. The van der Waals surface area contributed by atoms with Crippen molar-refractivity contribution in [3.05, 3.63) is 70.0 Å². The molecule has 140 valence electrons. The van der Waals surface area contributed by atoms with E-state index in [9.17, 15) is 14.7 Å². The van der Waals surface area contributed by atoms with E-state index in [-0.39, 0.29) is 11.0 Å². The van der Waals surface area contributed by atoms with Gasteiger partial charge < -0.3 is 5.11 Å². The summed E-state index contributed by atoms with van der Waals surface area (Å²) in [4.78, 5) is 28.4. The lowest BCUT2D eigenvalue weighted by molar-refractivity contribution is -0.137. The van der Waals surface area contributed by atoms with Crippen molar-refractivity contribution in [3.63, 3.8) is 0 Å². The normalized spacial score (nSPS) is 11.7. The van der Waals surface area contributed by atoms with Gasteiger partial charge in [0.1, 0.15) is 6.54 Å². The molecule has 2 aromatic carbocycles. The van der Waals surface area contributed by atoms with Gasteiger partial charge in [-0.2, -0.15) is 0 Å². The van der Waals surface area contributed by atoms with Gasteiger partial charge in [-0.1, -0.05) is 68.9 Å². The number of para-hydroxylation sites is 1. The Bertz CT molecular complexity index is 1030. The van der Waals surface area contributed by atoms with Crippen LogP contribution in [0.2, 0.25) is 0 Å². The fraction of sp³-hybridized carbons (Fsp3) is 0.286. The zero-order valence-electron chi connectivity index (χ0n) is 15.6. The van der Waals surface area contributed by atoms with E-state index in [0.29, 0.717) is 21.8 Å². The van der Waals surface area contributed by atoms with Gasteiger partial charge in [0.2, 0.25) is 0 Å². The molecule has 0 spiro atoms.